The van der Waals surface area contributed by atoms with E-state index >= 15 is 0 Å². The van der Waals surface area contributed by atoms with Crippen LogP contribution in [0.25, 0.3) is 0 Å². The zero-order chi connectivity index (χ0) is 9.30. The average molecular weight is 259 g/mol. The van der Waals surface area contributed by atoms with Gasteiger partial charge in [0.1, 0.15) is 0 Å². The van der Waals surface area contributed by atoms with Crippen LogP contribution in [0, 0.1) is 5.82 Å². The van der Waals surface area contributed by atoms with Crippen LogP contribution in [0.3, 0.4) is 0 Å². The minimum absolute atomic E-state index is 0.0805. The molecule has 1 aromatic rings. The molecular weight excluding hydrogens is 256 g/mol. The van der Waals surface area contributed by atoms with E-state index in [4.69, 9.17) is 11.6 Å². The SMILES string of the molecule is Fc1c(Br)ccc(C(F)F)c1Cl. The molecule has 0 aliphatic rings. The number of hydrogen-bond acceptors (Lipinski definition) is 0. The van der Waals surface area contributed by atoms with E-state index in [9.17, 15) is 13.2 Å². The van der Waals surface area contributed by atoms with E-state index in [1.807, 2.05) is 0 Å². The molecule has 0 aromatic heterocycles. The van der Waals surface area contributed by atoms with Crippen LogP contribution in [0.4, 0.5) is 13.2 Å². The Labute approximate surface area is 80.5 Å². The maximum atomic E-state index is 12.8. The molecule has 0 amide bonds. The van der Waals surface area contributed by atoms with Crippen LogP contribution >= 0.6 is 27.5 Å². The third-order valence-electron chi connectivity index (χ3n) is 1.30. The van der Waals surface area contributed by atoms with Gasteiger partial charge in [-0.2, -0.15) is 0 Å². The first-order valence-corrected chi connectivity index (χ1v) is 4.12. The molecule has 0 atom stereocenters. The Balaban J connectivity index is 3.27. The van der Waals surface area contributed by atoms with Crippen LogP contribution in [0.5, 0.6) is 0 Å². The predicted octanol–water partition coefficient (Wildman–Crippen LogP) is 4.18. The number of alkyl halides is 2. The molecule has 0 heterocycles. The fourth-order valence-electron chi connectivity index (χ4n) is 0.709. The summed E-state index contributed by atoms with van der Waals surface area (Å²) in [6, 6.07) is 2.28. The van der Waals surface area contributed by atoms with Gasteiger partial charge in [-0.25, -0.2) is 13.2 Å². The molecule has 0 saturated carbocycles. The van der Waals surface area contributed by atoms with Crippen molar-refractivity contribution in [1.82, 2.24) is 0 Å². The lowest BCUT2D eigenvalue weighted by Crippen LogP contribution is -1.89. The van der Waals surface area contributed by atoms with Crippen molar-refractivity contribution in [1.29, 1.82) is 0 Å². The summed E-state index contributed by atoms with van der Waals surface area (Å²) in [6.45, 7) is 0. The lowest BCUT2D eigenvalue weighted by Gasteiger charge is -2.04. The van der Waals surface area contributed by atoms with Gasteiger partial charge in [-0.3, -0.25) is 0 Å². The lowest BCUT2D eigenvalue weighted by molar-refractivity contribution is 0.151. The van der Waals surface area contributed by atoms with Crippen molar-refractivity contribution in [2.24, 2.45) is 0 Å². The molecule has 0 aliphatic carbocycles. The summed E-state index contributed by atoms with van der Waals surface area (Å²) in [5.41, 5.74) is -0.489. The van der Waals surface area contributed by atoms with Gasteiger partial charge < -0.3 is 0 Å². The summed E-state index contributed by atoms with van der Waals surface area (Å²) in [5, 5.41) is -0.528. The standard InChI is InChI=1S/C7H3BrClF3/c8-4-2-1-3(7(11)12)5(9)6(4)10/h1-2,7H. The number of rotatable bonds is 1. The van der Waals surface area contributed by atoms with Gasteiger partial charge in [0.05, 0.1) is 9.50 Å². The van der Waals surface area contributed by atoms with Crippen LogP contribution in [-0.2, 0) is 0 Å². The van der Waals surface area contributed by atoms with Gasteiger partial charge in [-0.15, -0.1) is 0 Å². The normalized spacial score (nSPS) is 10.8. The zero-order valence-electron chi connectivity index (χ0n) is 5.62. The Morgan fingerprint density at radius 2 is 1.92 bits per heavy atom. The van der Waals surface area contributed by atoms with Crippen molar-refractivity contribution in [3.63, 3.8) is 0 Å². The number of benzene rings is 1. The van der Waals surface area contributed by atoms with Crippen molar-refractivity contribution in [3.8, 4) is 0 Å². The van der Waals surface area contributed by atoms with Crippen molar-refractivity contribution in [2.75, 3.05) is 0 Å². The minimum Gasteiger partial charge on any atom is -0.205 e. The molecule has 1 aromatic carbocycles. The summed E-state index contributed by atoms with van der Waals surface area (Å²) in [6.07, 6.45) is -2.75. The van der Waals surface area contributed by atoms with Gasteiger partial charge in [-0.1, -0.05) is 17.7 Å². The Kier molecular flexibility index (Phi) is 3.01. The molecule has 66 valence electrons. The molecule has 0 fully saturated rings. The minimum atomic E-state index is -2.75. The highest BCUT2D eigenvalue weighted by molar-refractivity contribution is 9.10. The summed E-state index contributed by atoms with van der Waals surface area (Å²) < 4.78 is 37.1. The highest BCUT2D eigenvalue weighted by atomic mass is 79.9. The Hall–Kier alpha value is -0.220. The van der Waals surface area contributed by atoms with Gasteiger partial charge in [0.15, 0.2) is 5.82 Å². The molecule has 5 heteroatoms. The molecule has 0 saturated heterocycles. The average Bonchev–Trinajstić information content (AvgIpc) is 2.00. The Morgan fingerprint density at radius 3 is 2.42 bits per heavy atom. The van der Waals surface area contributed by atoms with Gasteiger partial charge in [0.25, 0.3) is 6.43 Å². The van der Waals surface area contributed by atoms with Crippen molar-refractivity contribution in [3.05, 3.63) is 33.0 Å². The summed E-state index contributed by atoms with van der Waals surface area (Å²) in [5.74, 6) is -0.852. The molecule has 0 N–H and O–H groups in total. The van der Waals surface area contributed by atoms with E-state index in [1.165, 1.54) is 6.07 Å². The van der Waals surface area contributed by atoms with Crippen LogP contribution in [0.1, 0.15) is 12.0 Å². The Morgan fingerprint density at radius 1 is 1.33 bits per heavy atom. The largest absolute Gasteiger partial charge is 0.265 e. The third kappa shape index (κ3) is 1.75. The van der Waals surface area contributed by atoms with Gasteiger partial charge in [-0.05, 0) is 22.0 Å². The van der Waals surface area contributed by atoms with Crippen molar-refractivity contribution < 1.29 is 13.2 Å². The quantitative estimate of drug-likeness (QED) is 0.664. The predicted molar refractivity (Wildman–Crippen MR) is 44.1 cm³/mol. The van der Waals surface area contributed by atoms with Crippen LogP contribution in [-0.4, -0.2) is 0 Å². The second-order valence-corrected chi connectivity index (χ2v) is 3.30. The monoisotopic (exact) mass is 258 g/mol. The highest BCUT2D eigenvalue weighted by Crippen LogP contribution is 2.32. The molecule has 0 nitrogen and oxygen atoms in total. The first-order chi connectivity index (χ1) is 5.54. The summed E-state index contributed by atoms with van der Waals surface area (Å²) >= 11 is 8.13. The second kappa shape index (κ2) is 3.66. The van der Waals surface area contributed by atoms with Crippen LogP contribution in [0.2, 0.25) is 5.02 Å². The van der Waals surface area contributed by atoms with Gasteiger partial charge in [0.2, 0.25) is 0 Å². The first-order valence-electron chi connectivity index (χ1n) is 2.95. The van der Waals surface area contributed by atoms with Crippen LogP contribution in [0.15, 0.2) is 16.6 Å². The maximum Gasteiger partial charge on any atom is 0.265 e. The fourth-order valence-corrected chi connectivity index (χ4v) is 1.40. The highest BCUT2D eigenvalue weighted by Gasteiger charge is 2.16. The molecule has 0 aliphatic heterocycles. The molecule has 12 heavy (non-hydrogen) atoms. The van der Waals surface area contributed by atoms with E-state index in [-0.39, 0.29) is 4.47 Å². The molecule has 0 spiro atoms. The molecule has 0 radical (unpaired) electrons. The van der Waals surface area contributed by atoms with Gasteiger partial charge in [0, 0.05) is 5.56 Å². The van der Waals surface area contributed by atoms with Gasteiger partial charge >= 0.3 is 0 Å². The number of halogens is 5. The fraction of sp³-hybridized carbons (Fsp3) is 0.143. The molecule has 0 bridgehead atoms. The van der Waals surface area contributed by atoms with E-state index in [0.29, 0.717) is 0 Å². The number of hydrogen-bond donors (Lipinski definition) is 0. The van der Waals surface area contributed by atoms with E-state index in [0.717, 1.165) is 6.07 Å². The summed E-state index contributed by atoms with van der Waals surface area (Å²) in [7, 11) is 0. The van der Waals surface area contributed by atoms with E-state index in [2.05, 4.69) is 15.9 Å². The first kappa shape index (κ1) is 9.86. The van der Waals surface area contributed by atoms with Crippen molar-refractivity contribution in [2.45, 2.75) is 6.43 Å². The maximum absolute atomic E-state index is 12.8. The topological polar surface area (TPSA) is 0 Å². The second-order valence-electron chi connectivity index (χ2n) is 2.07. The summed E-state index contributed by atoms with van der Waals surface area (Å²) in [4.78, 5) is 0. The molecular formula is C7H3BrClF3. The zero-order valence-corrected chi connectivity index (χ0v) is 7.96. The van der Waals surface area contributed by atoms with E-state index in [1.54, 1.807) is 0 Å². The van der Waals surface area contributed by atoms with E-state index < -0.39 is 22.8 Å². The smallest absolute Gasteiger partial charge is 0.205 e. The molecule has 0 unspecified atom stereocenters. The Bertz CT molecular complexity index is 301. The third-order valence-corrected chi connectivity index (χ3v) is 2.30. The lowest BCUT2D eigenvalue weighted by atomic mass is 10.2. The molecule has 1 rings (SSSR count). The van der Waals surface area contributed by atoms with Crippen LogP contribution < -0.4 is 0 Å². The van der Waals surface area contributed by atoms with Crippen molar-refractivity contribution >= 4 is 27.5 Å².